The van der Waals surface area contributed by atoms with Gasteiger partial charge in [-0.1, -0.05) is 138 Å². The number of carbonyl (C=O) groups excluding carboxylic acids is 1. The Hall–Kier alpha value is -2.35. The van der Waals surface area contributed by atoms with E-state index in [4.69, 9.17) is 4.74 Å². The molecule has 0 aromatic rings. The maximum absolute atomic E-state index is 12.0. The second-order valence-electron chi connectivity index (χ2n) is 12.2. The van der Waals surface area contributed by atoms with E-state index in [1.165, 1.54) is 87.3 Å². The highest BCUT2D eigenvalue weighted by atomic mass is 16.5. The third-order valence-corrected chi connectivity index (χ3v) is 7.67. The van der Waals surface area contributed by atoms with E-state index in [9.17, 15) is 4.79 Å². The fraction of sp³-hybridized carbons (Fsp3) is 0.605. The first kappa shape index (κ1) is 35.7. The average molecular weight is 549 g/mol. The Kier molecular flexibility index (Phi) is 19.9. The topological polar surface area (TPSA) is 26.3 Å². The van der Waals surface area contributed by atoms with E-state index in [0.29, 0.717) is 13.0 Å². The van der Waals surface area contributed by atoms with E-state index in [0.717, 1.165) is 24.8 Å². The molecule has 0 atom stereocenters. The molecule has 2 nitrogen and oxygen atoms in total. The number of hydrogen-bond donors (Lipinski definition) is 0. The number of hydrogen-bond acceptors (Lipinski definition) is 2. The summed E-state index contributed by atoms with van der Waals surface area (Å²) in [5, 5.41) is 0. The van der Waals surface area contributed by atoms with Gasteiger partial charge in [0.05, 0.1) is 0 Å². The van der Waals surface area contributed by atoms with Crippen LogP contribution in [0.5, 0.6) is 0 Å². The molecule has 1 aliphatic carbocycles. The van der Waals surface area contributed by atoms with Gasteiger partial charge in [0.1, 0.15) is 6.61 Å². The molecule has 2 heteroatoms. The number of rotatable bonds is 21. The molecule has 1 rings (SSSR count). The monoisotopic (exact) mass is 548 g/mol. The third kappa shape index (κ3) is 18.1. The number of esters is 1. The Morgan fingerprint density at radius 1 is 0.875 bits per heavy atom. The second kappa shape index (κ2) is 22.4. The van der Waals surface area contributed by atoms with Crippen LogP contribution < -0.4 is 0 Å². The third-order valence-electron chi connectivity index (χ3n) is 7.67. The van der Waals surface area contributed by atoms with Gasteiger partial charge in [-0.3, -0.25) is 4.79 Å². The minimum Gasteiger partial charge on any atom is -0.461 e. The lowest BCUT2D eigenvalue weighted by atomic mass is 9.75. The molecule has 0 saturated heterocycles. The SMILES string of the molecule is CCCCCCCC/C=C\CCCCCCCC(=O)OC/C=C(C)/C=C/C=C(C)/C=C/C1=C(C)C=CCC1(C)C. The molecule has 0 N–H and O–H groups in total. The van der Waals surface area contributed by atoms with Gasteiger partial charge in [-0.2, -0.15) is 0 Å². The van der Waals surface area contributed by atoms with Crippen molar-refractivity contribution in [2.24, 2.45) is 5.41 Å². The molecule has 1 aliphatic rings. The maximum atomic E-state index is 12.0. The van der Waals surface area contributed by atoms with Gasteiger partial charge in [0, 0.05) is 6.42 Å². The summed E-state index contributed by atoms with van der Waals surface area (Å²) in [5.74, 6) is -0.0865. The summed E-state index contributed by atoms with van der Waals surface area (Å²) in [4.78, 5) is 12.0. The number of allylic oxidation sites excluding steroid dienone is 13. The minimum absolute atomic E-state index is 0.0865. The summed E-state index contributed by atoms with van der Waals surface area (Å²) in [7, 11) is 0. The van der Waals surface area contributed by atoms with Gasteiger partial charge in [0.25, 0.3) is 0 Å². The van der Waals surface area contributed by atoms with Crippen molar-refractivity contribution in [2.45, 2.75) is 138 Å². The molecule has 224 valence electrons. The quantitative estimate of drug-likeness (QED) is 0.0617. The summed E-state index contributed by atoms with van der Waals surface area (Å²) in [6, 6.07) is 0. The maximum Gasteiger partial charge on any atom is 0.306 e. The van der Waals surface area contributed by atoms with Crippen LogP contribution >= 0.6 is 0 Å². The van der Waals surface area contributed by atoms with Crippen LogP contribution in [0.3, 0.4) is 0 Å². The fourth-order valence-corrected chi connectivity index (χ4v) is 4.99. The lowest BCUT2D eigenvalue weighted by molar-refractivity contribution is -0.142. The average Bonchev–Trinajstić information content (AvgIpc) is 2.90. The number of carbonyl (C=O) groups is 1. The first-order valence-electron chi connectivity index (χ1n) is 16.1. The molecule has 0 amide bonds. The zero-order chi connectivity index (χ0) is 29.5. The van der Waals surface area contributed by atoms with Gasteiger partial charge in [-0.15, -0.1) is 0 Å². The van der Waals surface area contributed by atoms with Gasteiger partial charge in [0.15, 0.2) is 0 Å². The van der Waals surface area contributed by atoms with Gasteiger partial charge in [-0.05, 0) is 81.9 Å². The van der Waals surface area contributed by atoms with Crippen molar-refractivity contribution < 1.29 is 9.53 Å². The van der Waals surface area contributed by atoms with Crippen LogP contribution in [-0.4, -0.2) is 12.6 Å². The molecule has 40 heavy (non-hydrogen) atoms. The van der Waals surface area contributed by atoms with Gasteiger partial charge in [-0.25, -0.2) is 0 Å². The van der Waals surface area contributed by atoms with Crippen LogP contribution in [0.4, 0.5) is 0 Å². The number of ether oxygens (including phenoxy) is 1. The Balaban J connectivity index is 2.12. The summed E-state index contributed by atoms with van der Waals surface area (Å²) >= 11 is 0. The Morgan fingerprint density at radius 2 is 1.50 bits per heavy atom. The van der Waals surface area contributed by atoms with Crippen molar-refractivity contribution in [1.82, 2.24) is 0 Å². The van der Waals surface area contributed by atoms with Crippen molar-refractivity contribution in [2.75, 3.05) is 6.61 Å². The van der Waals surface area contributed by atoms with E-state index in [2.05, 4.69) is 89.3 Å². The fourth-order valence-electron chi connectivity index (χ4n) is 4.99. The van der Waals surface area contributed by atoms with E-state index in [1.54, 1.807) is 0 Å². The minimum atomic E-state index is -0.0865. The van der Waals surface area contributed by atoms with Gasteiger partial charge in [0.2, 0.25) is 0 Å². The lowest BCUT2D eigenvalue weighted by Gasteiger charge is -2.29. The van der Waals surface area contributed by atoms with Gasteiger partial charge < -0.3 is 4.74 Å². The normalized spacial score (nSPS) is 16.2. The first-order chi connectivity index (χ1) is 19.3. The van der Waals surface area contributed by atoms with Crippen molar-refractivity contribution in [3.05, 3.63) is 83.1 Å². The Morgan fingerprint density at radius 3 is 2.15 bits per heavy atom. The van der Waals surface area contributed by atoms with Crippen LogP contribution in [-0.2, 0) is 9.53 Å². The molecular formula is C38H60O2. The molecule has 0 saturated carbocycles. The predicted molar refractivity (Wildman–Crippen MR) is 176 cm³/mol. The summed E-state index contributed by atoms with van der Waals surface area (Å²) in [6.45, 7) is 13.6. The van der Waals surface area contributed by atoms with Crippen LogP contribution in [0, 0.1) is 5.41 Å². The van der Waals surface area contributed by atoms with Crippen molar-refractivity contribution in [1.29, 1.82) is 0 Å². The standard InChI is InChI=1S/C38H60O2/c1-7-8-9-10-11-12-13-14-15-16-17-18-19-20-21-27-37(39)40-32-30-34(3)25-22-24-33(2)28-29-36-35(4)26-23-31-38(36,5)6/h14-15,22-26,28-30H,7-13,16-21,27,31-32H2,1-6H3/b15-14-,25-22+,29-28+,33-24+,34-30+. The van der Waals surface area contributed by atoms with Crippen molar-refractivity contribution in [3.8, 4) is 0 Å². The highest BCUT2D eigenvalue weighted by Crippen LogP contribution is 2.37. The van der Waals surface area contributed by atoms with Gasteiger partial charge >= 0.3 is 5.97 Å². The van der Waals surface area contributed by atoms with Crippen molar-refractivity contribution >= 4 is 5.97 Å². The molecule has 0 aromatic heterocycles. The first-order valence-corrected chi connectivity index (χ1v) is 16.1. The largest absolute Gasteiger partial charge is 0.461 e. The lowest BCUT2D eigenvalue weighted by Crippen LogP contribution is -2.16. The van der Waals surface area contributed by atoms with E-state index < -0.39 is 0 Å². The van der Waals surface area contributed by atoms with Crippen LogP contribution in [0.1, 0.15) is 138 Å². The molecule has 0 aromatic carbocycles. The molecule has 0 spiro atoms. The second-order valence-corrected chi connectivity index (χ2v) is 12.2. The smallest absolute Gasteiger partial charge is 0.306 e. The van der Waals surface area contributed by atoms with E-state index >= 15 is 0 Å². The van der Waals surface area contributed by atoms with Crippen molar-refractivity contribution in [3.63, 3.8) is 0 Å². The molecule has 0 aliphatic heterocycles. The Labute approximate surface area is 248 Å². The van der Waals surface area contributed by atoms with E-state index in [1.807, 2.05) is 13.0 Å². The zero-order valence-electron chi connectivity index (χ0n) is 26.9. The molecule has 0 heterocycles. The highest BCUT2D eigenvalue weighted by molar-refractivity contribution is 5.69. The number of unbranched alkanes of at least 4 members (excludes halogenated alkanes) is 11. The summed E-state index contributed by atoms with van der Waals surface area (Å²) in [6.07, 6.45) is 39.9. The molecule has 0 unspecified atom stereocenters. The Bertz CT molecular complexity index is 917. The molecular weight excluding hydrogens is 488 g/mol. The summed E-state index contributed by atoms with van der Waals surface area (Å²) < 4.78 is 5.40. The summed E-state index contributed by atoms with van der Waals surface area (Å²) in [5.41, 5.74) is 5.25. The van der Waals surface area contributed by atoms with Crippen LogP contribution in [0.2, 0.25) is 0 Å². The molecule has 0 bridgehead atoms. The van der Waals surface area contributed by atoms with E-state index in [-0.39, 0.29) is 11.4 Å². The van der Waals surface area contributed by atoms with Crippen LogP contribution in [0.15, 0.2) is 83.1 Å². The molecule has 0 fully saturated rings. The predicted octanol–water partition coefficient (Wildman–Crippen LogP) is 11.9. The molecule has 0 radical (unpaired) electrons. The zero-order valence-corrected chi connectivity index (χ0v) is 26.9. The van der Waals surface area contributed by atoms with Crippen LogP contribution in [0.25, 0.3) is 0 Å². The highest BCUT2D eigenvalue weighted by Gasteiger charge is 2.23.